The van der Waals surface area contributed by atoms with E-state index in [1.165, 1.54) is 0 Å². The van der Waals surface area contributed by atoms with Gasteiger partial charge in [-0.05, 0) is 101 Å². The lowest BCUT2D eigenvalue weighted by Gasteiger charge is -2.43. The second-order valence-corrected chi connectivity index (χ2v) is 10.9. The second kappa shape index (κ2) is 6.36. The van der Waals surface area contributed by atoms with E-state index in [0.717, 1.165) is 39.0 Å². The van der Waals surface area contributed by atoms with Gasteiger partial charge >= 0.3 is 12.1 Å². The molecule has 4 bridgehead atoms. The molecular weight excluding hydrogens is 369 g/mol. The molecule has 6 heteroatoms. The molecule has 160 valence electrons. The number of aliphatic hydroxyl groups is 1. The lowest BCUT2D eigenvalue weighted by molar-refractivity contribution is -0.260. The largest absolute Gasteiger partial charge is 0.462 e. The summed E-state index contributed by atoms with van der Waals surface area (Å²) >= 11 is 0. The third-order valence-electron chi connectivity index (χ3n) is 8.86. The number of esters is 1. The van der Waals surface area contributed by atoms with Crippen molar-refractivity contribution >= 4 is 5.97 Å². The number of halogens is 3. The molecule has 4 aliphatic carbocycles. The minimum absolute atomic E-state index is 0.0133. The van der Waals surface area contributed by atoms with Crippen LogP contribution in [0.5, 0.6) is 0 Å². The maximum atomic E-state index is 13.1. The zero-order chi connectivity index (χ0) is 20.6. The van der Waals surface area contributed by atoms with Crippen molar-refractivity contribution in [1.29, 1.82) is 0 Å². The Kier molecular flexibility index (Phi) is 4.65. The lowest BCUT2D eigenvalue weighted by atomic mass is 9.65. The van der Waals surface area contributed by atoms with Crippen molar-refractivity contribution in [1.82, 2.24) is 0 Å². The third-order valence-corrected chi connectivity index (χ3v) is 8.86. The lowest BCUT2D eigenvalue weighted by Crippen LogP contribution is -2.46. The Labute approximate surface area is 165 Å². The van der Waals surface area contributed by atoms with Crippen LogP contribution in [0.4, 0.5) is 13.2 Å². The summed E-state index contributed by atoms with van der Waals surface area (Å²) in [5.41, 5.74) is -3.07. The minimum atomic E-state index is -4.58. The van der Waals surface area contributed by atoms with E-state index in [1.54, 1.807) is 0 Å². The van der Waals surface area contributed by atoms with Gasteiger partial charge < -0.3 is 9.84 Å². The molecule has 4 fully saturated rings. The van der Waals surface area contributed by atoms with Gasteiger partial charge in [-0.15, -0.1) is 0 Å². The summed E-state index contributed by atoms with van der Waals surface area (Å²) in [4.78, 5) is 12.5. The number of ether oxygens (including phenoxy) is 1. The Morgan fingerprint density at radius 3 is 2.18 bits per heavy atom. The SMILES string of the molecule is CCC(C)(C)C(=O)OC1CC2CC1C1C3CC(CC(C)(O)C(F)(F)F)C(C3)C21. The first kappa shape index (κ1) is 20.5. The molecule has 0 aliphatic heterocycles. The van der Waals surface area contributed by atoms with E-state index in [0.29, 0.717) is 35.5 Å². The van der Waals surface area contributed by atoms with Crippen molar-refractivity contribution in [3.8, 4) is 0 Å². The van der Waals surface area contributed by atoms with E-state index < -0.39 is 17.2 Å². The molecule has 0 saturated heterocycles. The van der Waals surface area contributed by atoms with Crippen LogP contribution in [0.2, 0.25) is 0 Å². The fourth-order valence-electron chi connectivity index (χ4n) is 7.11. The average Bonchev–Trinajstić information content (AvgIpc) is 3.31. The van der Waals surface area contributed by atoms with Crippen LogP contribution in [0, 0.1) is 46.8 Å². The van der Waals surface area contributed by atoms with Crippen LogP contribution in [0.15, 0.2) is 0 Å². The maximum absolute atomic E-state index is 13.1. The Hall–Kier alpha value is -0.780. The predicted molar refractivity (Wildman–Crippen MR) is 98.1 cm³/mol. The van der Waals surface area contributed by atoms with Crippen molar-refractivity contribution in [2.75, 3.05) is 0 Å². The van der Waals surface area contributed by atoms with E-state index in [2.05, 4.69) is 0 Å². The highest BCUT2D eigenvalue weighted by molar-refractivity contribution is 5.76. The molecule has 28 heavy (non-hydrogen) atoms. The van der Waals surface area contributed by atoms with Crippen molar-refractivity contribution in [3.63, 3.8) is 0 Å². The summed E-state index contributed by atoms with van der Waals surface area (Å²) < 4.78 is 45.4. The molecule has 9 unspecified atom stereocenters. The Balaban J connectivity index is 1.43. The molecule has 0 aromatic heterocycles. The van der Waals surface area contributed by atoms with Gasteiger partial charge in [-0.1, -0.05) is 6.92 Å². The zero-order valence-electron chi connectivity index (χ0n) is 17.3. The van der Waals surface area contributed by atoms with Gasteiger partial charge in [0.15, 0.2) is 5.60 Å². The molecule has 0 amide bonds. The Morgan fingerprint density at radius 1 is 1.00 bits per heavy atom. The standard InChI is InChI=1S/C22H33F3O3/c1-5-20(2,3)19(26)28-16-9-12-8-15(16)18-11-6-13(14(7-11)17(12)18)10-21(4,27)22(23,24)25/h11-18,27H,5-10H2,1-4H3. The number of fused-ring (bicyclic) bond motifs is 9. The van der Waals surface area contributed by atoms with Crippen LogP contribution in [-0.2, 0) is 9.53 Å². The van der Waals surface area contributed by atoms with Gasteiger partial charge in [-0.25, -0.2) is 0 Å². The van der Waals surface area contributed by atoms with Crippen molar-refractivity contribution in [2.24, 2.45) is 46.8 Å². The summed E-state index contributed by atoms with van der Waals surface area (Å²) in [5, 5.41) is 9.97. The summed E-state index contributed by atoms with van der Waals surface area (Å²) in [6, 6.07) is 0. The molecule has 0 radical (unpaired) electrons. The van der Waals surface area contributed by atoms with E-state index in [1.807, 2.05) is 20.8 Å². The second-order valence-electron chi connectivity index (χ2n) is 10.9. The molecule has 4 aliphatic rings. The van der Waals surface area contributed by atoms with Gasteiger partial charge in [0.05, 0.1) is 5.41 Å². The number of hydrogen-bond acceptors (Lipinski definition) is 3. The van der Waals surface area contributed by atoms with E-state index >= 15 is 0 Å². The third kappa shape index (κ3) is 3.00. The Morgan fingerprint density at radius 2 is 1.57 bits per heavy atom. The Bertz CT molecular complexity index is 641. The van der Waals surface area contributed by atoms with Gasteiger partial charge in [0.25, 0.3) is 0 Å². The highest BCUT2D eigenvalue weighted by Gasteiger charge is 2.66. The van der Waals surface area contributed by atoms with E-state index in [4.69, 9.17) is 4.74 Å². The normalized spacial score (nSPS) is 43.9. The molecule has 0 spiro atoms. The summed E-state index contributed by atoms with van der Waals surface area (Å²) in [6.45, 7) is 6.74. The molecular formula is C22H33F3O3. The summed E-state index contributed by atoms with van der Waals surface area (Å²) in [7, 11) is 0. The number of alkyl halides is 3. The molecule has 0 heterocycles. The van der Waals surface area contributed by atoms with Gasteiger partial charge in [-0.2, -0.15) is 13.2 Å². The number of hydrogen-bond donors (Lipinski definition) is 1. The molecule has 4 saturated carbocycles. The zero-order valence-corrected chi connectivity index (χ0v) is 17.3. The first-order valence-electron chi connectivity index (χ1n) is 10.9. The fourth-order valence-corrected chi connectivity index (χ4v) is 7.11. The number of rotatable bonds is 5. The van der Waals surface area contributed by atoms with Gasteiger partial charge in [0, 0.05) is 0 Å². The van der Waals surface area contributed by atoms with Crippen LogP contribution in [-0.4, -0.2) is 29.0 Å². The monoisotopic (exact) mass is 402 g/mol. The van der Waals surface area contributed by atoms with Gasteiger partial charge in [0.1, 0.15) is 6.10 Å². The smallest absolute Gasteiger partial charge is 0.416 e. The number of carbonyl (C=O) groups excluding carboxylic acids is 1. The highest BCUT2D eigenvalue weighted by Crippen LogP contribution is 2.70. The van der Waals surface area contributed by atoms with Crippen LogP contribution in [0.1, 0.15) is 66.2 Å². The van der Waals surface area contributed by atoms with Crippen molar-refractivity contribution in [2.45, 2.75) is 84.1 Å². The molecule has 1 N–H and O–H groups in total. The van der Waals surface area contributed by atoms with E-state index in [-0.39, 0.29) is 24.4 Å². The first-order chi connectivity index (χ1) is 12.9. The number of carbonyl (C=O) groups is 1. The molecule has 3 nitrogen and oxygen atoms in total. The van der Waals surface area contributed by atoms with Crippen molar-refractivity contribution < 1.29 is 27.8 Å². The summed E-state index contributed by atoms with van der Waals surface area (Å²) in [6.07, 6.45) is -0.344. The molecule has 0 aromatic carbocycles. The van der Waals surface area contributed by atoms with E-state index in [9.17, 15) is 23.1 Å². The summed E-state index contributed by atoms with van der Waals surface area (Å²) in [5.74, 6) is 2.37. The van der Waals surface area contributed by atoms with Gasteiger partial charge in [-0.3, -0.25) is 4.79 Å². The minimum Gasteiger partial charge on any atom is -0.462 e. The topological polar surface area (TPSA) is 46.5 Å². The van der Waals surface area contributed by atoms with Crippen LogP contribution in [0.25, 0.3) is 0 Å². The average molecular weight is 402 g/mol. The molecule has 4 rings (SSSR count). The van der Waals surface area contributed by atoms with Crippen LogP contribution >= 0.6 is 0 Å². The highest BCUT2D eigenvalue weighted by atomic mass is 19.4. The first-order valence-corrected chi connectivity index (χ1v) is 10.9. The predicted octanol–water partition coefficient (Wildman–Crippen LogP) is 4.97. The quantitative estimate of drug-likeness (QED) is 0.522. The van der Waals surface area contributed by atoms with Crippen LogP contribution in [0.3, 0.4) is 0 Å². The molecule has 0 aromatic rings. The van der Waals surface area contributed by atoms with Gasteiger partial charge in [0.2, 0.25) is 0 Å². The maximum Gasteiger partial charge on any atom is 0.416 e. The molecule has 9 atom stereocenters. The fraction of sp³-hybridized carbons (Fsp3) is 0.955. The van der Waals surface area contributed by atoms with Crippen LogP contribution < -0.4 is 0 Å². The van der Waals surface area contributed by atoms with Crippen molar-refractivity contribution in [3.05, 3.63) is 0 Å².